The van der Waals surface area contributed by atoms with Gasteiger partial charge >= 0.3 is 5.97 Å². The maximum absolute atomic E-state index is 11.8. The summed E-state index contributed by atoms with van der Waals surface area (Å²) >= 11 is 0. The van der Waals surface area contributed by atoms with E-state index in [0.29, 0.717) is 12.8 Å². The summed E-state index contributed by atoms with van der Waals surface area (Å²) in [5.41, 5.74) is -1.01. The monoisotopic (exact) mass is 429 g/mol. The van der Waals surface area contributed by atoms with Crippen molar-refractivity contribution in [2.45, 2.75) is 148 Å². The highest BCUT2D eigenvalue weighted by Gasteiger charge is 2.40. The van der Waals surface area contributed by atoms with Crippen LogP contribution in [0.15, 0.2) is 0 Å². The first-order valence-electron chi connectivity index (χ1n) is 12.7. The zero-order chi connectivity index (χ0) is 22.7. The first-order chi connectivity index (χ1) is 14.4. The van der Waals surface area contributed by atoms with E-state index in [1.807, 2.05) is 6.92 Å². The molecular formula is C25H51NO4. The van der Waals surface area contributed by atoms with Crippen molar-refractivity contribution in [2.24, 2.45) is 0 Å². The van der Waals surface area contributed by atoms with Crippen LogP contribution < -0.4 is 0 Å². The van der Waals surface area contributed by atoms with Crippen LogP contribution in [0.5, 0.6) is 0 Å². The molecule has 0 amide bonds. The molecule has 0 spiro atoms. The molecule has 0 aromatic carbocycles. The van der Waals surface area contributed by atoms with Crippen molar-refractivity contribution >= 4 is 5.97 Å². The quantitative estimate of drug-likeness (QED) is 0.0883. The molecule has 2 atom stereocenters. The largest absolute Gasteiger partial charge is 0.378 e. The highest BCUT2D eigenvalue weighted by Crippen LogP contribution is 2.23. The molecule has 0 saturated carbocycles. The molecule has 0 rings (SSSR count). The fourth-order valence-corrected chi connectivity index (χ4v) is 4.03. The van der Waals surface area contributed by atoms with Crippen molar-refractivity contribution in [3.8, 4) is 0 Å². The van der Waals surface area contributed by atoms with Crippen LogP contribution in [-0.4, -0.2) is 40.0 Å². The molecule has 2 unspecified atom stereocenters. The Bertz CT molecular complexity index is 405. The molecule has 2 N–H and O–H groups in total. The third-order valence-electron chi connectivity index (χ3n) is 6.75. The van der Waals surface area contributed by atoms with Gasteiger partial charge in [-0.1, -0.05) is 110 Å². The van der Waals surface area contributed by atoms with Crippen molar-refractivity contribution in [1.29, 1.82) is 0 Å². The fourth-order valence-electron chi connectivity index (χ4n) is 4.03. The minimum Gasteiger partial charge on any atom is -0.378 e. The molecular weight excluding hydrogens is 378 g/mol. The number of rotatable bonds is 21. The molecule has 0 radical (unpaired) electrons. The highest BCUT2D eigenvalue weighted by molar-refractivity contribution is 5.79. The van der Waals surface area contributed by atoms with E-state index in [0.717, 1.165) is 12.8 Å². The number of nitrogens with zero attached hydrogens (tertiary/aromatic N) is 1. The number of likely N-dealkylation sites (N-methyl/N-ethyl adjacent to an activating group) is 1. The van der Waals surface area contributed by atoms with Crippen LogP contribution in [0.3, 0.4) is 0 Å². The zero-order valence-electron chi connectivity index (χ0n) is 20.5. The average molecular weight is 430 g/mol. The van der Waals surface area contributed by atoms with E-state index >= 15 is 0 Å². The van der Waals surface area contributed by atoms with Crippen molar-refractivity contribution in [3.63, 3.8) is 0 Å². The Labute approximate surface area is 186 Å². The molecule has 0 fully saturated rings. The zero-order valence-corrected chi connectivity index (χ0v) is 20.5. The predicted molar refractivity (Wildman–Crippen MR) is 125 cm³/mol. The van der Waals surface area contributed by atoms with E-state index in [-0.39, 0.29) is 0 Å². The van der Waals surface area contributed by atoms with Crippen molar-refractivity contribution < 1.29 is 20.0 Å². The van der Waals surface area contributed by atoms with Gasteiger partial charge in [0.05, 0.1) is 0 Å². The lowest BCUT2D eigenvalue weighted by Gasteiger charge is -2.37. The van der Waals surface area contributed by atoms with Crippen LogP contribution in [0.2, 0.25) is 0 Å². The second-order valence-corrected chi connectivity index (χ2v) is 9.19. The number of hydrogen-bond donors (Lipinski definition) is 2. The second-order valence-electron chi connectivity index (χ2n) is 9.19. The third-order valence-corrected chi connectivity index (χ3v) is 6.75. The molecule has 0 aromatic rings. The smallest absolute Gasteiger partial charge is 0.361 e. The van der Waals surface area contributed by atoms with E-state index < -0.39 is 17.7 Å². The highest BCUT2D eigenvalue weighted by atomic mass is 17.1. The molecule has 0 heterocycles. The molecule has 5 nitrogen and oxygen atoms in total. The topological polar surface area (TPSA) is 70.0 Å². The van der Waals surface area contributed by atoms with E-state index in [9.17, 15) is 9.90 Å². The summed E-state index contributed by atoms with van der Waals surface area (Å²) < 4.78 is 0. The summed E-state index contributed by atoms with van der Waals surface area (Å²) in [6.45, 7) is 5.80. The SMILES string of the molecule is CCCCCCCCCCCCCCCCCCC(O)N(C)C(C)(CC)C(=O)OO. The molecule has 0 aliphatic heterocycles. The Morgan fingerprint density at radius 3 is 1.50 bits per heavy atom. The Balaban J connectivity index is 3.56. The lowest BCUT2D eigenvalue weighted by Crippen LogP contribution is -2.54. The van der Waals surface area contributed by atoms with Gasteiger partial charge in [0.25, 0.3) is 0 Å². The number of carbonyl (C=O) groups is 1. The first kappa shape index (κ1) is 29.4. The Hall–Kier alpha value is -0.650. The lowest BCUT2D eigenvalue weighted by molar-refractivity contribution is -0.249. The van der Waals surface area contributed by atoms with Gasteiger partial charge in [-0.3, -0.25) is 9.79 Å². The lowest BCUT2D eigenvalue weighted by atomic mass is 9.96. The number of aliphatic hydroxyl groups excluding tert-OH is 1. The summed E-state index contributed by atoms with van der Waals surface area (Å²) in [7, 11) is 1.71. The minimum atomic E-state index is -1.01. The summed E-state index contributed by atoms with van der Waals surface area (Å²) in [5, 5.41) is 19.1. The molecule has 0 aromatic heterocycles. The van der Waals surface area contributed by atoms with Crippen LogP contribution >= 0.6 is 0 Å². The molecule has 0 aliphatic carbocycles. The standard InChI is InChI=1S/C25H51NO4/c1-5-7-8-9-10-11-12-13-14-15-16-17-18-19-20-21-22-23(27)26(4)25(3,6-2)24(28)30-29/h23,27,29H,5-22H2,1-4H3. The van der Waals surface area contributed by atoms with E-state index in [2.05, 4.69) is 11.8 Å². The van der Waals surface area contributed by atoms with Crippen LogP contribution in [0.4, 0.5) is 0 Å². The molecule has 180 valence electrons. The first-order valence-corrected chi connectivity index (χ1v) is 12.7. The van der Waals surface area contributed by atoms with Crippen molar-refractivity contribution in [2.75, 3.05) is 7.05 Å². The van der Waals surface area contributed by atoms with Crippen LogP contribution in [0, 0.1) is 0 Å². The van der Waals surface area contributed by atoms with Gasteiger partial charge in [-0.2, -0.15) is 5.26 Å². The van der Waals surface area contributed by atoms with Crippen LogP contribution in [0.1, 0.15) is 136 Å². The fraction of sp³-hybridized carbons (Fsp3) is 0.960. The Kier molecular flexibility index (Phi) is 18.7. The van der Waals surface area contributed by atoms with Gasteiger partial charge in [-0.05, 0) is 33.2 Å². The molecule has 0 aliphatic rings. The van der Waals surface area contributed by atoms with Crippen molar-refractivity contribution in [1.82, 2.24) is 4.90 Å². The minimum absolute atomic E-state index is 0.457. The second kappa shape index (κ2) is 19.1. The van der Waals surface area contributed by atoms with E-state index in [1.54, 1.807) is 18.9 Å². The van der Waals surface area contributed by atoms with Gasteiger partial charge in [-0.15, -0.1) is 0 Å². The number of aliphatic hydroxyl groups is 1. The third kappa shape index (κ3) is 12.9. The number of carbonyl (C=O) groups excluding carboxylic acids is 1. The van der Waals surface area contributed by atoms with Crippen LogP contribution in [-0.2, 0) is 9.68 Å². The predicted octanol–water partition coefficient (Wildman–Crippen LogP) is 7.07. The van der Waals surface area contributed by atoms with Gasteiger partial charge in [0.15, 0.2) is 0 Å². The Morgan fingerprint density at radius 1 is 0.800 bits per heavy atom. The maximum atomic E-state index is 11.8. The summed E-state index contributed by atoms with van der Waals surface area (Å²) in [6, 6.07) is 0. The van der Waals surface area contributed by atoms with Gasteiger partial charge in [-0.25, -0.2) is 4.79 Å². The number of hydrogen-bond acceptors (Lipinski definition) is 5. The average Bonchev–Trinajstić information content (AvgIpc) is 2.76. The summed E-state index contributed by atoms with van der Waals surface area (Å²) in [6.07, 6.45) is 21.6. The number of unbranched alkanes of at least 4 members (excludes halogenated alkanes) is 15. The van der Waals surface area contributed by atoms with Crippen molar-refractivity contribution in [3.05, 3.63) is 0 Å². The van der Waals surface area contributed by atoms with Crippen LogP contribution in [0.25, 0.3) is 0 Å². The van der Waals surface area contributed by atoms with E-state index in [1.165, 1.54) is 89.9 Å². The summed E-state index contributed by atoms with van der Waals surface area (Å²) in [5.74, 6) is -0.724. The summed E-state index contributed by atoms with van der Waals surface area (Å²) in [4.78, 5) is 17.3. The normalized spacial score (nSPS) is 14.6. The maximum Gasteiger partial charge on any atom is 0.361 e. The Morgan fingerprint density at radius 2 is 1.17 bits per heavy atom. The van der Waals surface area contributed by atoms with Gasteiger partial charge in [0.1, 0.15) is 11.8 Å². The van der Waals surface area contributed by atoms with Gasteiger partial charge < -0.3 is 5.11 Å². The molecule has 0 saturated heterocycles. The molecule has 0 bridgehead atoms. The molecule has 30 heavy (non-hydrogen) atoms. The van der Waals surface area contributed by atoms with Gasteiger partial charge in [0.2, 0.25) is 0 Å². The van der Waals surface area contributed by atoms with Gasteiger partial charge in [0, 0.05) is 0 Å². The van der Waals surface area contributed by atoms with E-state index in [4.69, 9.17) is 5.26 Å². The molecule has 5 heteroatoms.